The van der Waals surface area contributed by atoms with Crippen LogP contribution >= 0.6 is 0 Å². The molecule has 0 rings (SSSR count). The van der Waals surface area contributed by atoms with Gasteiger partial charge in [-0.05, 0) is 12.8 Å². The highest BCUT2D eigenvalue weighted by Crippen LogP contribution is 2.29. The molecule has 0 aromatic rings. The van der Waals surface area contributed by atoms with Crippen molar-refractivity contribution < 1.29 is 18.3 Å². The number of nitriles is 1. The largest absolute Gasteiger partial charge is 0.374 e. The topological polar surface area (TPSA) is 62.1 Å². The van der Waals surface area contributed by atoms with E-state index in [2.05, 4.69) is 16.1 Å². The average Bonchev–Trinajstić information content (AvgIpc) is 2.37. The van der Waals surface area contributed by atoms with Gasteiger partial charge in [-0.25, -0.2) is 8.78 Å². The van der Waals surface area contributed by atoms with Crippen LogP contribution in [0.2, 0.25) is 0 Å². The second-order valence-electron chi connectivity index (χ2n) is 4.42. The van der Waals surface area contributed by atoms with Gasteiger partial charge >= 0.3 is 0 Å². The Morgan fingerprint density at radius 1 is 1.37 bits per heavy atom. The highest BCUT2D eigenvalue weighted by atomic mass is 19.3. The minimum atomic E-state index is -2.51. The number of amides is 1. The van der Waals surface area contributed by atoms with Crippen molar-refractivity contribution >= 4 is 5.91 Å². The Hall–Kier alpha value is -1.22. The molecule has 0 saturated heterocycles. The second kappa shape index (κ2) is 9.68. The Morgan fingerprint density at radius 2 is 1.95 bits per heavy atom. The van der Waals surface area contributed by atoms with Gasteiger partial charge in [0.1, 0.15) is 12.0 Å². The summed E-state index contributed by atoms with van der Waals surface area (Å²) in [7, 11) is 0. The van der Waals surface area contributed by atoms with E-state index in [1.165, 1.54) is 0 Å². The van der Waals surface area contributed by atoms with Gasteiger partial charge < -0.3 is 10.1 Å². The number of halogens is 2. The monoisotopic (exact) mass is 276 g/mol. The first-order valence-electron chi connectivity index (χ1n) is 6.57. The third-order valence-corrected chi connectivity index (χ3v) is 2.78. The molecular weight excluding hydrogens is 254 g/mol. The van der Waals surface area contributed by atoms with Crippen LogP contribution in [0, 0.1) is 16.7 Å². The van der Waals surface area contributed by atoms with Crippen LogP contribution in [0.25, 0.3) is 0 Å². The molecular formula is C13H22F2N2O2. The minimum absolute atomic E-state index is 0.0236. The zero-order valence-corrected chi connectivity index (χ0v) is 11.5. The van der Waals surface area contributed by atoms with Gasteiger partial charge in [0.05, 0.1) is 12.7 Å². The molecule has 4 nitrogen and oxygen atoms in total. The number of hydrogen-bond acceptors (Lipinski definition) is 3. The lowest BCUT2D eigenvalue weighted by Gasteiger charge is -2.24. The van der Waals surface area contributed by atoms with E-state index in [0.29, 0.717) is 12.8 Å². The van der Waals surface area contributed by atoms with Gasteiger partial charge in [0.2, 0.25) is 5.91 Å². The van der Waals surface area contributed by atoms with E-state index in [-0.39, 0.29) is 19.1 Å². The van der Waals surface area contributed by atoms with Crippen LogP contribution in [0.1, 0.15) is 39.5 Å². The molecule has 0 saturated carbocycles. The number of alkyl halides is 2. The van der Waals surface area contributed by atoms with E-state index >= 15 is 0 Å². The van der Waals surface area contributed by atoms with Crippen LogP contribution in [0.15, 0.2) is 0 Å². The van der Waals surface area contributed by atoms with Crippen molar-refractivity contribution in [2.45, 2.75) is 46.0 Å². The molecule has 0 atom stereocenters. The van der Waals surface area contributed by atoms with Crippen molar-refractivity contribution in [1.82, 2.24) is 5.32 Å². The summed E-state index contributed by atoms with van der Waals surface area (Å²) in [6.07, 6.45) is -0.0255. The molecule has 0 aromatic heterocycles. The van der Waals surface area contributed by atoms with E-state index in [1.807, 2.05) is 13.8 Å². The fraction of sp³-hybridized carbons (Fsp3) is 0.846. The molecule has 1 amide bonds. The summed E-state index contributed by atoms with van der Waals surface area (Å²) in [5.74, 6) is -0.334. The maximum Gasteiger partial charge on any atom is 0.261 e. The number of nitrogens with zero attached hydrogens (tertiary/aromatic N) is 1. The van der Waals surface area contributed by atoms with Crippen molar-refractivity contribution in [2.75, 3.05) is 19.8 Å². The summed E-state index contributed by atoms with van der Waals surface area (Å²) in [5, 5.41) is 11.8. The van der Waals surface area contributed by atoms with Crippen molar-refractivity contribution in [1.29, 1.82) is 5.26 Å². The molecule has 1 N–H and O–H groups in total. The van der Waals surface area contributed by atoms with E-state index < -0.39 is 18.4 Å². The Kier molecular flexibility index (Phi) is 9.06. The number of nitrogens with one attached hydrogen (secondary N) is 1. The summed E-state index contributed by atoms with van der Waals surface area (Å²) in [6, 6.07) is 2.10. The first kappa shape index (κ1) is 17.8. The molecule has 0 heterocycles. The summed E-state index contributed by atoms with van der Waals surface area (Å²) in [5.41, 5.74) is -1.01. The van der Waals surface area contributed by atoms with Gasteiger partial charge in [-0.2, -0.15) is 5.26 Å². The smallest absolute Gasteiger partial charge is 0.261 e. The van der Waals surface area contributed by atoms with Gasteiger partial charge in [0, 0.05) is 6.54 Å². The zero-order valence-electron chi connectivity index (χ0n) is 11.5. The second-order valence-corrected chi connectivity index (χ2v) is 4.42. The van der Waals surface area contributed by atoms with Gasteiger partial charge in [0.25, 0.3) is 6.43 Å². The molecule has 0 aliphatic heterocycles. The summed E-state index contributed by atoms with van der Waals surface area (Å²) < 4.78 is 28.3. The predicted octanol–water partition coefficient (Wildman–Crippen LogP) is 2.49. The van der Waals surface area contributed by atoms with Gasteiger partial charge in [-0.15, -0.1) is 0 Å². The Morgan fingerprint density at radius 3 is 2.37 bits per heavy atom. The molecule has 0 unspecified atom stereocenters. The molecule has 0 aliphatic carbocycles. The maximum absolute atomic E-state index is 12.0. The fourth-order valence-corrected chi connectivity index (χ4v) is 1.95. The lowest BCUT2D eigenvalue weighted by Crippen LogP contribution is -2.41. The van der Waals surface area contributed by atoms with Gasteiger partial charge in [0.15, 0.2) is 0 Å². The Bertz CT molecular complexity index is 298. The highest BCUT2D eigenvalue weighted by molar-refractivity contribution is 5.85. The molecule has 6 heteroatoms. The molecule has 0 fully saturated rings. The molecule has 0 radical (unpaired) electrons. The van der Waals surface area contributed by atoms with E-state index in [1.54, 1.807) is 0 Å². The van der Waals surface area contributed by atoms with Crippen molar-refractivity contribution in [3.63, 3.8) is 0 Å². The minimum Gasteiger partial charge on any atom is -0.374 e. The third kappa shape index (κ3) is 6.48. The lowest BCUT2D eigenvalue weighted by atomic mass is 9.80. The van der Waals surface area contributed by atoms with E-state index in [0.717, 1.165) is 12.8 Å². The predicted molar refractivity (Wildman–Crippen MR) is 67.7 cm³/mol. The number of rotatable bonds is 10. The number of carbonyl (C=O) groups is 1. The fourth-order valence-electron chi connectivity index (χ4n) is 1.95. The van der Waals surface area contributed by atoms with Crippen LogP contribution in [-0.4, -0.2) is 32.1 Å². The standard InChI is InChI=1S/C13H22F2N2O2/c1-3-5-13(10-16,6-4-2)12(18)17-7-8-19-9-11(14)15/h11H,3-9H2,1-2H3,(H,17,18). The molecule has 0 aromatic carbocycles. The van der Waals surface area contributed by atoms with Gasteiger partial charge in [-0.3, -0.25) is 4.79 Å². The maximum atomic E-state index is 12.0. The van der Waals surface area contributed by atoms with Crippen LogP contribution < -0.4 is 5.32 Å². The number of ether oxygens (including phenoxy) is 1. The summed E-state index contributed by atoms with van der Waals surface area (Å²) in [4.78, 5) is 12.0. The van der Waals surface area contributed by atoms with Crippen molar-refractivity contribution in [3.05, 3.63) is 0 Å². The molecule has 0 aliphatic rings. The number of hydrogen-bond donors (Lipinski definition) is 1. The molecule has 0 spiro atoms. The van der Waals surface area contributed by atoms with Crippen LogP contribution in [0.4, 0.5) is 8.78 Å². The third-order valence-electron chi connectivity index (χ3n) is 2.78. The number of carbonyl (C=O) groups excluding carboxylic acids is 1. The van der Waals surface area contributed by atoms with E-state index in [4.69, 9.17) is 0 Å². The molecule has 110 valence electrons. The Labute approximate surface area is 113 Å². The van der Waals surface area contributed by atoms with Crippen LogP contribution in [0.3, 0.4) is 0 Å². The SMILES string of the molecule is CCCC(C#N)(CCC)C(=O)NCCOCC(F)F. The quantitative estimate of drug-likeness (QED) is 0.624. The Balaban J connectivity index is 4.22. The van der Waals surface area contributed by atoms with Crippen molar-refractivity contribution in [3.8, 4) is 6.07 Å². The van der Waals surface area contributed by atoms with Crippen LogP contribution in [0.5, 0.6) is 0 Å². The molecule has 19 heavy (non-hydrogen) atoms. The zero-order chi connectivity index (χ0) is 14.7. The molecule has 0 bridgehead atoms. The lowest BCUT2D eigenvalue weighted by molar-refractivity contribution is -0.129. The first-order chi connectivity index (χ1) is 9.02. The van der Waals surface area contributed by atoms with Crippen LogP contribution in [-0.2, 0) is 9.53 Å². The summed E-state index contributed by atoms with van der Waals surface area (Å²) in [6.45, 7) is 3.36. The van der Waals surface area contributed by atoms with E-state index in [9.17, 15) is 18.8 Å². The average molecular weight is 276 g/mol. The van der Waals surface area contributed by atoms with Gasteiger partial charge in [-0.1, -0.05) is 26.7 Å². The first-order valence-corrected chi connectivity index (χ1v) is 6.57. The highest BCUT2D eigenvalue weighted by Gasteiger charge is 2.36. The normalized spacial score (nSPS) is 11.4. The summed E-state index contributed by atoms with van der Waals surface area (Å²) >= 11 is 0. The van der Waals surface area contributed by atoms with Crippen molar-refractivity contribution in [2.24, 2.45) is 5.41 Å².